The van der Waals surface area contributed by atoms with Gasteiger partial charge in [0.25, 0.3) is 0 Å². The second-order valence-electron chi connectivity index (χ2n) is 28.3. The summed E-state index contributed by atoms with van der Waals surface area (Å²) >= 11 is 0. The average molecular weight is 2230 g/mol. The lowest BCUT2D eigenvalue weighted by Gasteiger charge is -2.11. The Bertz CT molecular complexity index is 11100. The summed E-state index contributed by atoms with van der Waals surface area (Å²) in [5, 5.41) is -0.834. The van der Waals surface area contributed by atoms with Gasteiger partial charge in [-0.1, -0.05) is 72.7 Å². The molecular formula is C108H126N18O18S6. The van der Waals surface area contributed by atoms with Crippen LogP contribution in [-0.4, -0.2) is 236 Å². The third-order valence-electron chi connectivity index (χ3n) is 19.1. The maximum atomic E-state index is 13.3. The van der Waals surface area contributed by atoms with Gasteiger partial charge in [-0.05, 0) is 151 Å². The number of benzene rings is 6. The molecular weight excluding hydrogens is 2030 g/mol. The van der Waals surface area contributed by atoms with Crippen molar-refractivity contribution in [2.75, 3.05) is 121 Å². The predicted octanol–water partition coefficient (Wildman–Crippen LogP) is 17.9. The number of aromatic nitrogens is 18. The highest BCUT2D eigenvalue weighted by Gasteiger charge is 2.24. The highest BCUT2D eigenvalue weighted by atomic mass is 32.2. The number of hydrogen-bond donors (Lipinski definition) is 6. The van der Waals surface area contributed by atoms with Gasteiger partial charge in [0.15, 0.2) is 30.9 Å². The number of rotatable bonds is 48. The second-order valence-corrected chi connectivity index (χ2v) is 35.8. The van der Waals surface area contributed by atoms with Gasteiger partial charge in [0.05, 0.1) is 313 Å². The predicted molar refractivity (Wildman–Crippen MR) is 583 cm³/mol. The van der Waals surface area contributed by atoms with Gasteiger partial charge in [-0.15, -0.1) is 0 Å². The fraction of sp³-hybridized carbons (Fsp3) is 0.333. The Balaban J connectivity index is 0.000000212. The Morgan fingerprint density at radius 1 is 0.253 bits per heavy atom. The summed E-state index contributed by atoms with van der Waals surface area (Å²) in [6, 6.07) is 26.2. The molecule has 6 unspecified atom stereocenters. The molecule has 0 aliphatic carbocycles. The fourth-order valence-corrected chi connectivity index (χ4v) is 17.7. The Morgan fingerprint density at radius 2 is 0.480 bits per heavy atom. The molecule has 0 aliphatic rings. The minimum atomic E-state index is -3.81. The van der Waals surface area contributed by atoms with Crippen molar-refractivity contribution in [3.8, 4) is 34.5 Å². The smallest absolute Gasteiger partial charge is 0.197 e. The van der Waals surface area contributed by atoms with Crippen molar-refractivity contribution in [3.05, 3.63) is 286 Å². The number of pyridine rings is 6. The van der Waals surface area contributed by atoms with Crippen LogP contribution < -0.4 is 28.4 Å². The van der Waals surface area contributed by atoms with Crippen molar-refractivity contribution in [3.63, 3.8) is 0 Å². The van der Waals surface area contributed by atoms with Crippen LogP contribution in [0.2, 0.25) is 0 Å². The molecule has 0 fully saturated rings. The van der Waals surface area contributed by atoms with Crippen molar-refractivity contribution in [1.29, 1.82) is 0 Å². The van der Waals surface area contributed by atoms with Gasteiger partial charge >= 0.3 is 0 Å². The average Bonchev–Trinajstić information content (AvgIpc) is 1.46. The van der Waals surface area contributed by atoms with Crippen molar-refractivity contribution in [2.24, 2.45) is 0 Å². The number of imidazole rings is 6. The molecule has 150 heavy (non-hydrogen) atoms. The minimum Gasteiger partial charge on any atom is -0.493 e. The molecule has 0 spiro atoms. The summed E-state index contributed by atoms with van der Waals surface area (Å²) in [7, 11) is -33.5. The summed E-state index contributed by atoms with van der Waals surface area (Å²) in [6.45, 7) is -35.4. The summed E-state index contributed by atoms with van der Waals surface area (Å²) in [5.74, 6) is -3.77. The lowest BCUT2D eigenvalue weighted by Crippen LogP contribution is -2.06. The van der Waals surface area contributed by atoms with Crippen LogP contribution in [0.3, 0.4) is 0 Å². The lowest BCUT2D eigenvalue weighted by atomic mass is 10.2. The molecule has 0 saturated heterocycles. The van der Waals surface area contributed by atoms with Crippen LogP contribution in [0.15, 0.2) is 250 Å². The molecule has 18 aromatic rings. The minimum absolute atomic E-state index is 0.0251. The van der Waals surface area contributed by atoms with Gasteiger partial charge in [0, 0.05) is 215 Å². The molecule has 6 aromatic carbocycles. The van der Waals surface area contributed by atoms with Gasteiger partial charge in [-0.2, -0.15) is 0 Å². The van der Waals surface area contributed by atoms with Crippen LogP contribution >= 0.6 is 0 Å². The molecule has 0 aliphatic heterocycles. The van der Waals surface area contributed by atoms with Gasteiger partial charge in [0.1, 0.15) is 34.5 Å². The number of methoxy groups -OCH3 is 6. The van der Waals surface area contributed by atoms with E-state index in [0.29, 0.717) is 44.1 Å². The van der Waals surface area contributed by atoms with E-state index >= 15 is 0 Å². The first-order valence-electron chi connectivity index (χ1n) is 77.7. The van der Waals surface area contributed by atoms with Crippen LogP contribution in [0, 0.1) is 41.5 Å². The molecule has 6 N–H and O–H groups in total. The van der Waals surface area contributed by atoms with E-state index in [1.54, 1.807) is 97.1 Å². The van der Waals surface area contributed by atoms with E-state index in [9.17, 15) is 25.3 Å². The van der Waals surface area contributed by atoms with Crippen LogP contribution in [0.1, 0.15) is 204 Å². The van der Waals surface area contributed by atoms with Crippen LogP contribution in [-0.2, 0) is 128 Å². The standard InChI is InChI=1S/6C18H21N3O3S/c6*1-13-16(19-9-8-17(13)24-11-5-10-23-2)12-25(22)18-20-14-6-3-4-7-15(14)21-18/h6*3-4,6-9H,5,10-12H2,1-2H3,(H,20,21)/i2D3,3D,4D,5D2,6D,7D,10D2,11D2,12D2;2D3,3D,4D,5D2,6D,7D,10D2,11D2;2D3,5D2,8D,9D,10D2,11D2,12D2;2D3,5D2,8D,9D,10D2,11D2;2D3,5D2,10D2,11D2,12D2;2D3,5D2,10D2,11D2. The summed E-state index contributed by atoms with van der Waals surface area (Å²) < 4.78 is 689. The fourth-order valence-electron chi connectivity index (χ4n) is 11.9. The molecule has 6 atom stereocenters. The topological polar surface area (TPSA) is 463 Å². The third kappa shape index (κ3) is 33.3. The second kappa shape index (κ2) is 59.8. The van der Waals surface area contributed by atoms with E-state index in [0.717, 1.165) is 43.7 Å². The molecule has 0 radical (unpaired) electrons. The van der Waals surface area contributed by atoms with Gasteiger partial charge in [-0.25, -0.2) is 29.9 Å². The van der Waals surface area contributed by atoms with Crippen LogP contribution in [0.4, 0.5) is 0 Å². The van der Waals surface area contributed by atoms with Crippen molar-refractivity contribution in [1.82, 2.24) is 89.7 Å². The number of nitrogens with one attached hydrogen (secondary N) is 6. The van der Waals surface area contributed by atoms with E-state index < -0.39 is 359 Å². The number of para-hydroxylation sites is 12. The van der Waals surface area contributed by atoms with Crippen molar-refractivity contribution >= 4 is 131 Å². The SMILES string of the molecule is [2H]C([2H])([2H])OC([2H])([2H])C([2H])([2H])C([2H])([2H])Oc1ccnc(C([2H])([2H])S(=O)c2nc3ccccc3[nH]2)c1C.[2H]C([2H])([2H])OC([2H])([2H])C([2H])([2H])C([2H])([2H])Oc1ccnc(CS(=O)c2nc3ccccc3[nH]2)c1C.[2H]c1c([2H])c([2H])c2[nH]c(S(=O)C([2H])([2H])c3nccc(OC([2H])([2H])C([2H])([2H])C([2H])([2H])OC([2H])([2H])[2H])c3C)nc2c1[2H].[2H]c1c([2H])c([2H])c2[nH]c(S(=O)Cc3nccc(OC([2H])([2H])C([2H])([2H])C([2H])([2H])OC([2H])([2H])[2H])c3C)nc2c1[2H].[2H]c1nc(C([2H])([2H])S(=O)c2nc3ccccc3[nH]2)c(C)c(OC([2H])([2H])C([2H])([2H])C([2H])([2H])OC([2H])([2H])[2H])c1[2H].[2H]c1nc(CS(=O)c2nc3ccccc3[nH]2)c(C)c(OC([2H])([2H])C([2H])([2H])C([2H])([2H])OC([2H])([2H])[2H])c1[2H]. The van der Waals surface area contributed by atoms with E-state index in [1.807, 2.05) is 0 Å². The lowest BCUT2D eigenvalue weighted by molar-refractivity contribution is 0.171. The zero-order valence-corrected chi connectivity index (χ0v) is 82.5. The zero-order chi connectivity index (χ0) is 169. The largest absolute Gasteiger partial charge is 0.493 e. The quantitative estimate of drug-likeness (QED) is 0.0206. The Kier molecular flexibility index (Phi) is 20.5. The maximum absolute atomic E-state index is 13.3. The molecule has 792 valence electrons. The van der Waals surface area contributed by atoms with E-state index in [4.69, 9.17) is 127 Å². The molecule has 42 heteroatoms. The highest BCUT2D eigenvalue weighted by Crippen LogP contribution is 2.31. The van der Waals surface area contributed by atoms with E-state index in [1.165, 1.54) is 46.9 Å². The van der Waals surface area contributed by atoms with Gasteiger partial charge in [-0.3, -0.25) is 55.2 Å². The number of ether oxygens (including phenoxy) is 12. The third-order valence-corrected chi connectivity index (χ3v) is 25.4. The first-order valence-corrected chi connectivity index (χ1v) is 49.1. The molecule has 12 heterocycles. The Labute approximate surface area is 986 Å². The Hall–Kier alpha value is -13.5. The van der Waals surface area contributed by atoms with E-state index in [-0.39, 0.29) is 128 Å². The highest BCUT2D eigenvalue weighted by molar-refractivity contribution is 7.85. The molecule has 12 aromatic heterocycles. The molecule has 0 saturated carbocycles. The first-order chi connectivity index (χ1) is 100. The Morgan fingerprint density at radius 3 is 0.780 bits per heavy atom. The number of hydrogen-bond acceptors (Lipinski definition) is 30. The monoisotopic (exact) mass is 2230 g/mol. The molecule has 0 bridgehead atoms. The molecule has 0 amide bonds. The molecule has 36 nitrogen and oxygen atoms in total. The normalized spacial score (nSPS) is 22.0. The van der Waals surface area contributed by atoms with Crippen molar-refractivity contribution in [2.45, 2.75) is 145 Å². The van der Waals surface area contributed by atoms with Crippen LogP contribution in [0.25, 0.3) is 66.2 Å². The summed E-state index contributed by atoms with van der Waals surface area (Å²) in [4.78, 5) is 64.7. The first kappa shape index (κ1) is 51.5. The van der Waals surface area contributed by atoms with Gasteiger partial charge in [0.2, 0.25) is 0 Å². The zero-order valence-electron chi connectivity index (χ0n) is 150. The number of nitrogens with zero attached hydrogens (tertiary/aromatic N) is 12. The van der Waals surface area contributed by atoms with Crippen LogP contribution in [0.5, 0.6) is 34.5 Å². The molecule has 18 rings (SSSR count). The summed E-state index contributed by atoms with van der Waals surface area (Å²) in [5.41, 5.74) is -6.62. The summed E-state index contributed by atoms with van der Waals surface area (Å²) in [6.07, 6.45) is -19.3. The number of H-pyrrole nitrogens is 6. The van der Waals surface area contributed by atoms with E-state index in [2.05, 4.69) is 118 Å². The number of aromatic amines is 6. The number of fused-ring (bicyclic) bond motifs is 6. The van der Waals surface area contributed by atoms with Crippen molar-refractivity contribution < 1.29 is 181 Å². The maximum Gasteiger partial charge on any atom is 0.197 e. The van der Waals surface area contributed by atoms with Gasteiger partial charge < -0.3 is 86.7 Å².